The fraction of sp³-hybridized carbons (Fsp3) is 0.409. The van der Waals surface area contributed by atoms with Gasteiger partial charge in [-0.2, -0.15) is 0 Å². The maximum Gasteiger partial charge on any atom is 0.272 e. The van der Waals surface area contributed by atoms with Crippen molar-refractivity contribution in [2.75, 3.05) is 31.1 Å². The first kappa shape index (κ1) is 19.4. The predicted molar refractivity (Wildman–Crippen MR) is 108 cm³/mol. The summed E-state index contributed by atoms with van der Waals surface area (Å²) in [7, 11) is 0. The molecule has 1 N–H and O–H groups in total. The Kier molecular flexibility index (Phi) is 5.74. The van der Waals surface area contributed by atoms with E-state index in [1.165, 1.54) is 12.1 Å². The molecule has 2 aliphatic rings. The third-order valence-corrected chi connectivity index (χ3v) is 5.65. The summed E-state index contributed by atoms with van der Waals surface area (Å²) in [5.41, 5.74) is 1.52. The molecule has 6 nitrogen and oxygen atoms in total. The zero-order chi connectivity index (χ0) is 20.2. The Morgan fingerprint density at radius 1 is 0.931 bits per heavy atom. The molecule has 0 radical (unpaired) electrons. The van der Waals surface area contributed by atoms with Crippen molar-refractivity contribution in [1.82, 2.24) is 15.2 Å². The van der Waals surface area contributed by atoms with Gasteiger partial charge in [0, 0.05) is 37.9 Å². The molecule has 2 fully saturated rings. The number of piperazine rings is 1. The molecule has 0 unspecified atom stereocenters. The highest BCUT2D eigenvalue weighted by molar-refractivity contribution is 5.96. The van der Waals surface area contributed by atoms with Crippen molar-refractivity contribution in [3.8, 4) is 0 Å². The minimum atomic E-state index is -0.259. The Balaban J connectivity index is 1.37. The number of carbonyl (C=O) groups is 2. The lowest BCUT2D eigenvalue weighted by atomic mass is 10.2. The third kappa shape index (κ3) is 4.55. The van der Waals surface area contributed by atoms with Crippen LogP contribution in [0.1, 0.15) is 46.7 Å². The van der Waals surface area contributed by atoms with Gasteiger partial charge in [-0.1, -0.05) is 18.9 Å². The topological polar surface area (TPSA) is 65.5 Å². The number of rotatable bonds is 4. The van der Waals surface area contributed by atoms with Crippen LogP contribution in [-0.2, 0) is 0 Å². The highest BCUT2D eigenvalue weighted by Crippen LogP contribution is 2.19. The third-order valence-electron chi connectivity index (χ3n) is 5.65. The van der Waals surface area contributed by atoms with Gasteiger partial charge in [-0.15, -0.1) is 0 Å². The number of carbonyl (C=O) groups excluding carboxylic acids is 2. The number of anilines is 1. The standard InChI is InChI=1S/C22H25FN4O2/c23-16-8-10-18(11-9-16)26-12-14-27(15-13-26)22(29)20-7-3-6-19(25-20)21(28)24-17-4-1-2-5-17/h3,6-11,17H,1-2,4-5,12-15H2,(H,24,28). The minimum absolute atomic E-state index is 0.167. The molecule has 7 heteroatoms. The first-order valence-corrected chi connectivity index (χ1v) is 10.2. The highest BCUT2D eigenvalue weighted by atomic mass is 19.1. The van der Waals surface area contributed by atoms with Gasteiger partial charge in [0.2, 0.25) is 0 Å². The first-order valence-electron chi connectivity index (χ1n) is 10.2. The summed E-state index contributed by atoms with van der Waals surface area (Å²) in [6, 6.07) is 11.6. The normalized spacial score (nSPS) is 17.4. The molecule has 2 heterocycles. The first-order chi connectivity index (χ1) is 14.1. The number of pyridine rings is 1. The summed E-state index contributed by atoms with van der Waals surface area (Å²) in [6.07, 6.45) is 4.28. The van der Waals surface area contributed by atoms with Crippen LogP contribution >= 0.6 is 0 Å². The van der Waals surface area contributed by atoms with Crippen LogP contribution in [-0.4, -0.2) is 53.9 Å². The number of hydrogen-bond donors (Lipinski definition) is 1. The molecule has 0 spiro atoms. The molecule has 0 atom stereocenters. The molecule has 0 bridgehead atoms. The van der Waals surface area contributed by atoms with Crippen molar-refractivity contribution in [3.05, 3.63) is 59.7 Å². The second-order valence-electron chi connectivity index (χ2n) is 7.62. The minimum Gasteiger partial charge on any atom is -0.368 e. The van der Waals surface area contributed by atoms with Gasteiger partial charge in [-0.05, 0) is 49.2 Å². The van der Waals surface area contributed by atoms with Gasteiger partial charge in [0.1, 0.15) is 17.2 Å². The molecule has 29 heavy (non-hydrogen) atoms. The second-order valence-corrected chi connectivity index (χ2v) is 7.62. The number of amides is 2. The zero-order valence-electron chi connectivity index (χ0n) is 16.3. The van der Waals surface area contributed by atoms with Crippen LogP contribution in [0.25, 0.3) is 0 Å². The van der Waals surface area contributed by atoms with E-state index in [-0.39, 0.29) is 29.4 Å². The molecule has 1 aliphatic carbocycles. The number of benzene rings is 1. The van der Waals surface area contributed by atoms with Gasteiger partial charge in [-0.25, -0.2) is 9.37 Å². The summed E-state index contributed by atoms with van der Waals surface area (Å²) >= 11 is 0. The Morgan fingerprint density at radius 3 is 2.28 bits per heavy atom. The van der Waals surface area contributed by atoms with Crippen LogP contribution in [0, 0.1) is 5.82 Å². The van der Waals surface area contributed by atoms with E-state index < -0.39 is 0 Å². The lowest BCUT2D eigenvalue weighted by Crippen LogP contribution is -2.49. The molecular weight excluding hydrogens is 371 g/mol. The SMILES string of the molecule is O=C(NC1CCCC1)c1cccc(C(=O)N2CCN(c3ccc(F)cc3)CC2)n1. The fourth-order valence-electron chi connectivity index (χ4n) is 3.99. The quantitative estimate of drug-likeness (QED) is 0.863. The number of hydrogen-bond acceptors (Lipinski definition) is 4. The van der Waals surface area contributed by atoms with Gasteiger partial charge in [-0.3, -0.25) is 9.59 Å². The summed E-state index contributed by atoms with van der Waals surface area (Å²) in [4.78, 5) is 33.5. The van der Waals surface area contributed by atoms with E-state index in [0.717, 1.165) is 31.4 Å². The molecular formula is C22H25FN4O2. The van der Waals surface area contributed by atoms with E-state index in [9.17, 15) is 14.0 Å². The van der Waals surface area contributed by atoms with Crippen LogP contribution < -0.4 is 10.2 Å². The largest absolute Gasteiger partial charge is 0.368 e. The van der Waals surface area contributed by atoms with Crippen molar-refractivity contribution in [3.63, 3.8) is 0 Å². The van der Waals surface area contributed by atoms with Crippen molar-refractivity contribution >= 4 is 17.5 Å². The molecule has 1 saturated heterocycles. The van der Waals surface area contributed by atoms with Crippen LogP contribution in [0.3, 0.4) is 0 Å². The Morgan fingerprint density at radius 2 is 1.59 bits per heavy atom. The van der Waals surface area contributed by atoms with E-state index in [2.05, 4.69) is 15.2 Å². The van der Waals surface area contributed by atoms with Crippen LogP contribution in [0.15, 0.2) is 42.5 Å². The van der Waals surface area contributed by atoms with Crippen molar-refractivity contribution < 1.29 is 14.0 Å². The lowest BCUT2D eigenvalue weighted by molar-refractivity contribution is 0.0740. The number of halogens is 1. The number of nitrogens with one attached hydrogen (secondary N) is 1. The fourth-order valence-corrected chi connectivity index (χ4v) is 3.99. The Bertz CT molecular complexity index is 873. The lowest BCUT2D eigenvalue weighted by Gasteiger charge is -2.36. The Hall–Kier alpha value is -2.96. The van der Waals surface area contributed by atoms with Crippen LogP contribution in [0.5, 0.6) is 0 Å². The van der Waals surface area contributed by atoms with Crippen molar-refractivity contribution in [1.29, 1.82) is 0 Å². The smallest absolute Gasteiger partial charge is 0.272 e. The van der Waals surface area contributed by atoms with Crippen LogP contribution in [0.2, 0.25) is 0 Å². The van der Waals surface area contributed by atoms with Gasteiger partial charge in [0.25, 0.3) is 11.8 Å². The number of nitrogens with zero attached hydrogens (tertiary/aromatic N) is 3. The zero-order valence-corrected chi connectivity index (χ0v) is 16.3. The van der Waals surface area contributed by atoms with Gasteiger partial charge < -0.3 is 15.1 Å². The van der Waals surface area contributed by atoms with E-state index in [0.29, 0.717) is 31.9 Å². The monoisotopic (exact) mass is 396 g/mol. The van der Waals surface area contributed by atoms with Gasteiger partial charge in [0.05, 0.1) is 0 Å². The maximum absolute atomic E-state index is 13.1. The molecule has 1 aliphatic heterocycles. The van der Waals surface area contributed by atoms with E-state index in [1.54, 1.807) is 35.2 Å². The molecule has 2 aromatic rings. The molecule has 1 saturated carbocycles. The van der Waals surface area contributed by atoms with Gasteiger partial charge >= 0.3 is 0 Å². The number of aromatic nitrogens is 1. The summed E-state index contributed by atoms with van der Waals surface area (Å²) in [5.74, 6) is -0.641. The molecule has 4 rings (SSSR count). The summed E-state index contributed by atoms with van der Waals surface area (Å²) < 4.78 is 13.1. The molecule has 1 aromatic heterocycles. The van der Waals surface area contributed by atoms with E-state index in [1.807, 2.05) is 0 Å². The van der Waals surface area contributed by atoms with Crippen molar-refractivity contribution in [2.24, 2.45) is 0 Å². The summed E-state index contributed by atoms with van der Waals surface area (Å²) in [5, 5.41) is 3.01. The van der Waals surface area contributed by atoms with Crippen LogP contribution in [0.4, 0.5) is 10.1 Å². The highest BCUT2D eigenvalue weighted by Gasteiger charge is 2.24. The second kappa shape index (κ2) is 8.59. The molecule has 152 valence electrons. The maximum atomic E-state index is 13.1. The van der Waals surface area contributed by atoms with E-state index in [4.69, 9.17) is 0 Å². The van der Waals surface area contributed by atoms with Crippen molar-refractivity contribution in [2.45, 2.75) is 31.7 Å². The average Bonchev–Trinajstić information content (AvgIpc) is 3.27. The Labute approximate surface area is 169 Å². The summed E-state index contributed by atoms with van der Waals surface area (Å²) in [6.45, 7) is 2.44. The molecule has 2 amide bonds. The van der Waals surface area contributed by atoms with E-state index >= 15 is 0 Å². The molecule has 1 aromatic carbocycles. The predicted octanol–water partition coefficient (Wildman–Crippen LogP) is 2.86. The van der Waals surface area contributed by atoms with Gasteiger partial charge in [0.15, 0.2) is 0 Å². The average molecular weight is 396 g/mol.